The number of pyridine rings is 1. The predicted molar refractivity (Wildman–Crippen MR) is 56.5 cm³/mol. The number of carboxylic acid groups (broad SMARTS) is 1. The Morgan fingerprint density at radius 3 is 2.60 bits per heavy atom. The molecule has 0 atom stereocenters. The summed E-state index contributed by atoms with van der Waals surface area (Å²) in [5.41, 5.74) is -0.469. The van der Waals surface area contributed by atoms with Crippen molar-refractivity contribution < 1.29 is 18.7 Å². The minimum atomic E-state index is -2.73. The molecule has 15 heavy (non-hydrogen) atoms. The molecule has 1 aromatic heterocycles. The molecule has 0 aliphatic rings. The van der Waals surface area contributed by atoms with Crippen LogP contribution in [0.4, 0.5) is 8.78 Å². The van der Waals surface area contributed by atoms with Gasteiger partial charge >= 0.3 is 5.97 Å². The third-order valence-electron chi connectivity index (χ3n) is 1.70. The molecule has 0 aromatic carbocycles. The van der Waals surface area contributed by atoms with Crippen LogP contribution in [0.1, 0.15) is 28.0 Å². The van der Waals surface area contributed by atoms with Crippen molar-refractivity contribution in [2.75, 3.05) is 0 Å². The van der Waals surface area contributed by atoms with Crippen LogP contribution in [0.3, 0.4) is 0 Å². The van der Waals surface area contributed by atoms with Crippen molar-refractivity contribution in [3.8, 4) is 0 Å². The highest BCUT2D eigenvalue weighted by Crippen LogP contribution is 2.29. The summed E-state index contributed by atoms with van der Waals surface area (Å²) in [5, 5.41) is 8.82. The molecule has 0 bridgehead atoms. The molecule has 0 radical (unpaired) electrons. The van der Waals surface area contributed by atoms with E-state index in [0.717, 1.165) is 6.07 Å². The molecule has 0 spiro atoms. The lowest BCUT2D eigenvalue weighted by Gasteiger charge is -2.08. The van der Waals surface area contributed by atoms with E-state index in [0.29, 0.717) is 0 Å². The van der Waals surface area contributed by atoms with Gasteiger partial charge in [-0.3, -0.25) is 0 Å². The molecular formula is C8H5Br2F2NO2. The van der Waals surface area contributed by atoms with Crippen LogP contribution in [0.15, 0.2) is 10.7 Å². The van der Waals surface area contributed by atoms with Crippen molar-refractivity contribution in [3.05, 3.63) is 27.5 Å². The molecule has 1 rings (SSSR count). The van der Waals surface area contributed by atoms with E-state index < -0.39 is 18.1 Å². The lowest BCUT2D eigenvalue weighted by Crippen LogP contribution is -2.05. The number of hydrogen-bond donors (Lipinski definition) is 1. The van der Waals surface area contributed by atoms with Crippen molar-refractivity contribution >= 4 is 37.8 Å². The van der Waals surface area contributed by atoms with E-state index >= 15 is 0 Å². The van der Waals surface area contributed by atoms with Crippen LogP contribution < -0.4 is 0 Å². The van der Waals surface area contributed by atoms with Crippen molar-refractivity contribution in [2.24, 2.45) is 0 Å². The maximum absolute atomic E-state index is 12.6. The van der Waals surface area contributed by atoms with Crippen LogP contribution in [0.2, 0.25) is 0 Å². The zero-order chi connectivity index (χ0) is 11.6. The molecule has 0 aliphatic heterocycles. The lowest BCUT2D eigenvalue weighted by atomic mass is 10.1. The first kappa shape index (κ1) is 12.5. The van der Waals surface area contributed by atoms with Gasteiger partial charge in [0.2, 0.25) is 0 Å². The molecule has 0 fully saturated rings. The molecule has 0 saturated carbocycles. The van der Waals surface area contributed by atoms with Crippen LogP contribution in [-0.2, 0) is 5.33 Å². The first-order valence-corrected chi connectivity index (χ1v) is 5.65. The Morgan fingerprint density at radius 2 is 2.20 bits per heavy atom. The summed E-state index contributed by atoms with van der Waals surface area (Å²) in [6.45, 7) is 0. The number of rotatable bonds is 3. The normalized spacial score (nSPS) is 10.7. The van der Waals surface area contributed by atoms with Crippen LogP contribution >= 0.6 is 31.9 Å². The van der Waals surface area contributed by atoms with Crippen molar-refractivity contribution in [3.63, 3.8) is 0 Å². The largest absolute Gasteiger partial charge is 0.477 e. The zero-order valence-electron chi connectivity index (χ0n) is 7.18. The summed E-state index contributed by atoms with van der Waals surface area (Å²) in [7, 11) is 0. The van der Waals surface area contributed by atoms with Gasteiger partial charge in [-0.1, -0.05) is 15.9 Å². The highest BCUT2D eigenvalue weighted by Gasteiger charge is 2.19. The summed E-state index contributed by atoms with van der Waals surface area (Å²) in [5.74, 6) is -1.33. The SMILES string of the molecule is O=C(O)c1cc(C(F)F)c(CBr)c(Br)n1. The van der Waals surface area contributed by atoms with Gasteiger partial charge in [0.05, 0.1) is 0 Å². The number of halogens is 4. The number of hydrogen-bond acceptors (Lipinski definition) is 2. The van der Waals surface area contributed by atoms with Gasteiger partial charge in [-0.15, -0.1) is 0 Å². The van der Waals surface area contributed by atoms with E-state index in [1.165, 1.54) is 0 Å². The Morgan fingerprint density at radius 1 is 1.60 bits per heavy atom. The minimum Gasteiger partial charge on any atom is -0.477 e. The van der Waals surface area contributed by atoms with Gasteiger partial charge in [0.1, 0.15) is 10.3 Å². The smallest absolute Gasteiger partial charge is 0.354 e. The number of carboxylic acids is 1. The van der Waals surface area contributed by atoms with Crippen molar-refractivity contribution in [2.45, 2.75) is 11.8 Å². The third-order valence-corrected chi connectivity index (χ3v) is 2.91. The maximum Gasteiger partial charge on any atom is 0.354 e. The zero-order valence-corrected chi connectivity index (χ0v) is 10.3. The Hall–Kier alpha value is -0.560. The first-order valence-electron chi connectivity index (χ1n) is 3.74. The molecule has 1 N–H and O–H groups in total. The van der Waals surface area contributed by atoms with Crippen LogP contribution in [0, 0.1) is 0 Å². The maximum atomic E-state index is 12.6. The third kappa shape index (κ3) is 2.72. The number of nitrogens with zero attached hydrogens (tertiary/aromatic N) is 1. The molecule has 0 aliphatic carbocycles. The number of aromatic carboxylic acids is 1. The Labute approximate surface area is 101 Å². The summed E-state index contributed by atoms with van der Waals surface area (Å²) in [6.07, 6.45) is -2.73. The first-order chi connectivity index (χ1) is 6.97. The number of carbonyl (C=O) groups is 1. The van der Waals surface area contributed by atoms with Gasteiger partial charge in [-0.25, -0.2) is 18.6 Å². The average molecular weight is 345 g/mol. The van der Waals surface area contributed by atoms with E-state index in [1.807, 2.05) is 0 Å². The monoisotopic (exact) mass is 343 g/mol. The van der Waals surface area contributed by atoms with E-state index in [1.54, 1.807) is 0 Å². The molecule has 0 unspecified atom stereocenters. The van der Waals surface area contributed by atoms with Gasteiger partial charge < -0.3 is 5.11 Å². The van der Waals surface area contributed by atoms with Crippen LogP contribution in [0.5, 0.6) is 0 Å². The van der Waals surface area contributed by atoms with E-state index in [2.05, 4.69) is 36.8 Å². The second-order valence-corrected chi connectivity index (χ2v) is 3.92. The fraction of sp³-hybridized carbons (Fsp3) is 0.250. The molecule has 0 saturated heterocycles. The fourth-order valence-electron chi connectivity index (χ4n) is 0.996. The van der Waals surface area contributed by atoms with Crippen LogP contribution in [0.25, 0.3) is 0 Å². The van der Waals surface area contributed by atoms with Gasteiger partial charge in [0, 0.05) is 16.5 Å². The highest BCUT2D eigenvalue weighted by molar-refractivity contribution is 9.10. The molecule has 1 aromatic rings. The van der Waals surface area contributed by atoms with Gasteiger partial charge in [0.15, 0.2) is 0 Å². The fourth-order valence-corrected chi connectivity index (χ4v) is 2.52. The number of alkyl halides is 3. The number of aromatic nitrogens is 1. The van der Waals surface area contributed by atoms with Crippen molar-refractivity contribution in [1.82, 2.24) is 4.98 Å². The topological polar surface area (TPSA) is 50.2 Å². The Kier molecular flexibility index (Phi) is 4.15. The average Bonchev–Trinajstić information content (AvgIpc) is 2.16. The van der Waals surface area contributed by atoms with Crippen LogP contribution in [-0.4, -0.2) is 16.1 Å². The second-order valence-electron chi connectivity index (χ2n) is 2.61. The summed E-state index contributed by atoms with van der Waals surface area (Å²) < 4.78 is 25.3. The van der Waals surface area contributed by atoms with E-state index in [4.69, 9.17) is 5.11 Å². The van der Waals surface area contributed by atoms with Crippen molar-refractivity contribution in [1.29, 1.82) is 0 Å². The molecule has 1 heterocycles. The molecular weight excluding hydrogens is 340 g/mol. The molecule has 82 valence electrons. The van der Waals surface area contributed by atoms with E-state index in [-0.39, 0.29) is 21.1 Å². The predicted octanol–water partition coefficient (Wildman–Crippen LogP) is 3.37. The highest BCUT2D eigenvalue weighted by atomic mass is 79.9. The quantitative estimate of drug-likeness (QED) is 0.675. The Bertz CT molecular complexity index is 398. The molecule has 7 heteroatoms. The molecule has 0 amide bonds. The second kappa shape index (κ2) is 4.98. The lowest BCUT2D eigenvalue weighted by molar-refractivity contribution is 0.0689. The Balaban J connectivity index is 3.38. The van der Waals surface area contributed by atoms with Gasteiger partial charge in [0.25, 0.3) is 6.43 Å². The minimum absolute atomic E-state index is 0.120. The summed E-state index contributed by atoms with van der Waals surface area (Å²) in [6, 6.07) is 0.883. The standard InChI is InChI=1S/C8H5Br2F2NO2/c9-2-4-3(7(11)12)1-5(8(14)15)13-6(4)10/h1,7H,2H2,(H,14,15). The summed E-state index contributed by atoms with van der Waals surface area (Å²) >= 11 is 6.00. The van der Waals surface area contributed by atoms with Gasteiger partial charge in [-0.05, 0) is 22.0 Å². The summed E-state index contributed by atoms with van der Waals surface area (Å²) in [4.78, 5) is 14.2. The molecule has 3 nitrogen and oxygen atoms in total. The van der Waals surface area contributed by atoms with Gasteiger partial charge in [-0.2, -0.15) is 0 Å². The van der Waals surface area contributed by atoms with E-state index in [9.17, 15) is 13.6 Å².